The van der Waals surface area contributed by atoms with Crippen LogP contribution in [0.15, 0.2) is 48.5 Å². The van der Waals surface area contributed by atoms with Crippen LogP contribution in [0.25, 0.3) is 0 Å². The minimum absolute atomic E-state index is 0.190. The van der Waals surface area contributed by atoms with Gasteiger partial charge in [0.25, 0.3) is 0 Å². The molecule has 0 saturated heterocycles. The predicted molar refractivity (Wildman–Crippen MR) is 114 cm³/mol. The molecular formula is C24H35NO2. The normalized spacial score (nSPS) is 13.2. The first-order chi connectivity index (χ1) is 13.2. The minimum atomic E-state index is 0.190. The zero-order valence-electron chi connectivity index (χ0n) is 17.1. The average Bonchev–Trinajstić information content (AvgIpc) is 2.71. The molecule has 0 aliphatic carbocycles. The maximum atomic E-state index is 6.55. The molecule has 0 fully saturated rings. The molecule has 2 aromatic carbocycles. The van der Waals surface area contributed by atoms with E-state index in [1.54, 1.807) is 7.11 Å². The third kappa shape index (κ3) is 6.59. The number of ether oxygens (including phenoxy) is 2. The van der Waals surface area contributed by atoms with Gasteiger partial charge in [-0.3, -0.25) is 0 Å². The summed E-state index contributed by atoms with van der Waals surface area (Å²) in [7, 11) is 1.69. The van der Waals surface area contributed by atoms with Crippen LogP contribution in [0.4, 0.5) is 0 Å². The summed E-state index contributed by atoms with van der Waals surface area (Å²) in [5.74, 6) is 1.96. The SMILES string of the molecule is CCCCC(N)C(CCC)c1ccc(OC)c(OCCc2ccccc2)c1. The monoisotopic (exact) mass is 369 g/mol. The predicted octanol–water partition coefficient (Wildman–Crippen LogP) is 5.72. The number of rotatable bonds is 12. The van der Waals surface area contributed by atoms with Gasteiger partial charge in [0.2, 0.25) is 0 Å². The zero-order valence-corrected chi connectivity index (χ0v) is 17.1. The molecule has 0 radical (unpaired) electrons. The van der Waals surface area contributed by atoms with E-state index in [0.717, 1.165) is 37.2 Å². The third-order valence-corrected chi connectivity index (χ3v) is 5.11. The van der Waals surface area contributed by atoms with Gasteiger partial charge in [-0.15, -0.1) is 0 Å². The number of hydrogen-bond donors (Lipinski definition) is 1. The fourth-order valence-electron chi connectivity index (χ4n) is 3.54. The zero-order chi connectivity index (χ0) is 19.5. The third-order valence-electron chi connectivity index (χ3n) is 5.11. The van der Waals surface area contributed by atoms with Gasteiger partial charge in [0, 0.05) is 12.5 Å². The van der Waals surface area contributed by atoms with Crippen molar-refractivity contribution in [3.05, 3.63) is 59.7 Å². The Balaban J connectivity index is 2.11. The van der Waals surface area contributed by atoms with E-state index in [9.17, 15) is 0 Å². The van der Waals surface area contributed by atoms with Gasteiger partial charge in [0.15, 0.2) is 11.5 Å². The number of methoxy groups -OCH3 is 1. The van der Waals surface area contributed by atoms with Gasteiger partial charge in [-0.2, -0.15) is 0 Å². The Hall–Kier alpha value is -2.00. The first kappa shape index (κ1) is 21.3. The molecule has 2 unspecified atom stereocenters. The van der Waals surface area contributed by atoms with Gasteiger partial charge in [-0.25, -0.2) is 0 Å². The molecule has 0 aliphatic rings. The van der Waals surface area contributed by atoms with Gasteiger partial charge >= 0.3 is 0 Å². The van der Waals surface area contributed by atoms with Gasteiger partial charge in [-0.1, -0.05) is 69.5 Å². The van der Waals surface area contributed by atoms with E-state index < -0.39 is 0 Å². The van der Waals surface area contributed by atoms with Gasteiger partial charge in [-0.05, 0) is 42.0 Å². The van der Waals surface area contributed by atoms with E-state index in [1.807, 2.05) is 12.1 Å². The van der Waals surface area contributed by atoms with E-state index in [2.05, 4.69) is 50.2 Å². The quantitative estimate of drug-likeness (QED) is 0.520. The highest BCUT2D eigenvalue weighted by Crippen LogP contribution is 2.34. The summed E-state index contributed by atoms with van der Waals surface area (Å²) >= 11 is 0. The van der Waals surface area contributed by atoms with Crippen molar-refractivity contribution in [2.75, 3.05) is 13.7 Å². The van der Waals surface area contributed by atoms with Crippen LogP contribution in [0.3, 0.4) is 0 Å². The molecule has 0 aliphatic heterocycles. The molecule has 3 nitrogen and oxygen atoms in total. The molecule has 2 N–H and O–H groups in total. The van der Waals surface area contributed by atoms with Crippen molar-refractivity contribution in [2.45, 2.75) is 64.3 Å². The minimum Gasteiger partial charge on any atom is -0.493 e. The molecular weight excluding hydrogens is 334 g/mol. The molecule has 0 amide bonds. The Labute approximate surface area is 164 Å². The van der Waals surface area contributed by atoms with Crippen molar-refractivity contribution in [3.8, 4) is 11.5 Å². The number of hydrogen-bond acceptors (Lipinski definition) is 3. The molecule has 0 spiro atoms. The Kier molecular flexibility index (Phi) is 9.20. The smallest absolute Gasteiger partial charge is 0.161 e. The molecule has 2 atom stereocenters. The van der Waals surface area contributed by atoms with Crippen LogP contribution >= 0.6 is 0 Å². The van der Waals surface area contributed by atoms with E-state index in [0.29, 0.717) is 12.5 Å². The van der Waals surface area contributed by atoms with Crippen LogP contribution in [0.2, 0.25) is 0 Å². The van der Waals surface area contributed by atoms with E-state index in [1.165, 1.54) is 24.0 Å². The van der Waals surface area contributed by atoms with Gasteiger partial charge in [0.05, 0.1) is 13.7 Å². The Bertz CT molecular complexity index is 657. The summed E-state index contributed by atoms with van der Waals surface area (Å²) in [5, 5.41) is 0. The fraction of sp³-hybridized carbons (Fsp3) is 0.500. The highest BCUT2D eigenvalue weighted by Gasteiger charge is 2.20. The van der Waals surface area contributed by atoms with Crippen LogP contribution in [0.5, 0.6) is 11.5 Å². The molecule has 2 aromatic rings. The van der Waals surface area contributed by atoms with Crippen molar-refractivity contribution in [1.82, 2.24) is 0 Å². The Morgan fingerprint density at radius 3 is 2.37 bits per heavy atom. The molecule has 0 aromatic heterocycles. The van der Waals surface area contributed by atoms with Crippen LogP contribution in [-0.2, 0) is 6.42 Å². The van der Waals surface area contributed by atoms with Crippen molar-refractivity contribution in [2.24, 2.45) is 5.73 Å². The highest BCUT2D eigenvalue weighted by molar-refractivity contribution is 5.44. The molecule has 2 rings (SSSR count). The van der Waals surface area contributed by atoms with E-state index in [4.69, 9.17) is 15.2 Å². The Morgan fingerprint density at radius 2 is 1.70 bits per heavy atom. The van der Waals surface area contributed by atoms with Gasteiger partial charge < -0.3 is 15.2 Å². The number of nitrogens with two attached hydrogens (primary N) is 1. The maximum absolute atomic E-state index is 6.55. The number of unbranched alkanes of at least 4 members (excludes halogenated alkanes) is 1. The lowest BCUT2D eigenvalue weighted by Crippen LogP contribution is -2.28. The lowest BCUT2D eigenvalue weighted by Gasteiger charge is -2.25. The molecule has 3 heteroatoms. The first-order valence-electron chi connectivity index (χ1n) is 10.3. The average molecular weight is 370 g/mol. The van der Waals surface area contributed by atoms with Crippen LogP contribution < -0.4 is 15.2 Å². The summed E-state index contributed by atoms with van der Waals surface area (Å²) in [6, 6.07) is 16.9. The van der Waals surface area contributed by atoms with Crippen molar-refractivity contribution < 1.29 is 9.47 Å². The summed E-state index contributed by atoms with van der Waals surface area (Å²) in [4.78, 5) is 0. The second-order valence-corrected chi connectivity index (χ2v) is 7.20. The first-order valence-corrected chi connectivity index (χ1v) is 10.3. The molecule has 0 saturated carbocycles. The molecule has 148 valence electrons. The lowest BCUT2D eigenvalue weighted by molar-refractivity contribution is 0.296. The van der Waals surface area contributed by atoms with Crippen molar-refractivity contribution in [1.29, 1.82) is 0 Å². The topological polar surface area (TPSA) is 44.5 Å². The lowest BCUT2D eigenvalue weighted by atomic mass is 9.85. The van der Waals surface area contributed by atoms with Crippen molar-refractivity contribution in [3.63, 3.8) is 0 Å². The fourth-order valence-corrected chi connectivity index (χ4v) is 3.54. The Morgan fingerprint density at radius 1 is 0.926 bits per heavy atom. The summed E-state index contributed by atoms with van der Waals surface area (Å²) in [6.07, 6.45) is 6.53. The van der Waals surface area contributed by atoms with Crippen molar-refractivity contribution >= 4 is 0 Å². The number of benzene rings is 2. The maximum Gasteiger partial charge on any atom is 0.161 e. The van der Waals surface area contributed by atoms with Crippen LogP contribution in [-0.4, -0.2) is 19.8 Å². The summed E-state index contributed by atoms with van der Waals surface area (Å²) in [6.45, 7) is 5.07. The van der Waals surface area contributed by atoms with E-state index in [-0.39, 0.29) is 6.04 Å². The van der Waals surface area contributed by atoms with Crippen LogP contribution in [0.1, 0.15) is 63.0 Å². The van der Waals surface area contributed by atoms with E-state index >= 15 is 0 Å². The second-order valence-electron chi connectivity index (χ2n) is 7.20. The highest BCUT2D eigenvalue weighted by atomic mass is 16.5. The molecule has 0 bridgehead atoms. The van der Waals surface area contributed by atoms with Gasteiger partial charge in [0.1, 0.15) is 0 Å². The van der Waals surface area contributed by atoms with Crippen LogP contribution in [0, 0.1) is 0 Å². The summed E-state index contributed by atoms with van der Waals surface area (Å²) in [5.41, 5.74) is 9.08. The largest absolute Gasteiger partial charge is 0.493 e. The second kappa shape index (κ2) is 11.7. The molecule has 27 heavy (non-hydrogen) atoms. The summed E-state index contributed by atoms with van der Waals surface area (Å²) < 4.78 is 11.6. The molecule has 0 heterocycles. The standard InChI is InChI=1S/C24H35NO2/c1-4-6-13-22(25)21(10-5-2)20-14-15-23(26-3)24(18-20)27-17-16-19-11-8-7-9-12-19/h7-9,11-12,14-15,18,21-22H,4-6,10,13,16-17,25H2,1-3H3.